The molecule has 0 bridgehead atoms. The van der Waals surface area contributed by atoms with Gasteiger partial charge in [0.15, 0.2) is 0 Å². The molecule has 2 aromatic rings. The number of amides is 1. The molecule has 6 heteroatoms. The highest BCUT2D eigenvalue weighted by atomic mass is 35.5. The van der Waals surface area contributed by atoms with Gasteiger partial charge in [0.25, 0.3) is 0 Å². The summed E-state index contributed by atoms with van der Waals surface area (Å²) in [7, 11) is 0. The van der Waals surface area contributed by atoms with Gasteiger partial charge < -0.3 is 10.0 Å². The van der Waals surface area contributed by atoms with Crippen LogP contribution in [0.1, 0.15) is 5.69 Å². The first kappa shape index (κ1) is 15.0. The SMILES string of the molecule is O=C(O)CN(C(=O)Cc1ccccn1)c1cccc(Cl)c1. The number of carbonyl (C=O) groups is 2. The molecule has 0 aliphatic heterocycles. The molecule has 0 aliphatic carbocycles. The highest BCUT2D eigenvalue weighted by Crippen LogP contribution is 2.20. The lowest BCUT2D eigenvalue weighted by atomic mass is 10.2. The molecule has 1 aromatic carbocycles. The van der Waals surface area contributed by atoms with E-state index in [-0.39, 0.29) is 12.3 Å². The van der Waals surface area contributed by atoms with Gasteiger partial charge in [-0.1, -0.05) is 23.7 Å². The maximum atomic E-state index is 12.3. The minimum Gasteiger partial charge on any atom is -0.480 e. The molecule has 0 fully saturated rings. The fraction of sp³-hybridized carbons (Fsp3) is 0.133. The van der Waals surface area contributed by atoms with E-state index in [9.17, 15) is 9.59 Å². The molecule has 0 unspecified atom stereocenters. The van der Waals surface area contributed by atoms with Crippen LogP contribution in [0.15, 0.2) is 48.7 Å². The smallest absolute Gasteiger partial charge is 0.323 e. The van der Waals surface area contributed by atoms with Gasteiger partial charge in [0, 0.05) is 22.6 Å². The Hall–Kier alpha value is -2.40. The molecule has 21 heavy (non-hydrogen) atoms. The lowest BCUT2D eigenvalue weighted by Gasteiger charge is -2.21. The molecule has 1 N–H and O–H groups in total. The first-order valence-electron chi connectivity index (χ1n) is 6.24. The Morgan fingerprint density at radius 2 is 2.00 bits per heavy atom. The Kier molecular flexibility index (Phi) is 4.90. The highest BCUT2D eigenvalue weighted by molar-refractivity contribution is 6.30. The van der Waals surface area contributed by atoms with Crippen molar-refractivity contribution in [3.05, 3.63) is 59.4 Å². The van der Waals surface area contributed by atoms with Crippen LogP contribution >= 0.6 is 11.6 Å². The quantitative estimate of drug-likeness (QED) is 0.921. The average Bonchev–Trinajstić information content (AvgIpc) is 2.45. The number of benzene rings is 1. The zero-order valence-corrected chi connectivity index (χ0v) is 11.8. The first-order chi connectivity index (χ1) is 10.1. The molecule has 1 amide bonds. The monoisotopic (exact) mass is 304 g/mol. The Morgan fingerprint density at radius 1 is 1.19 bits per heavy atom. The third kappa shape index (κ3) is 4.29. The van der Waals surface area contributed by atoms with Crippen LogP contribution < -0.4 is 4.90 Å². The second-order valence-electron chi connectivity index (χ2n) is 4.35. The molecular formula is C15H13ClN2O3. The molecule has 1 aromatic heterocycles. The lowest BCUT2D eigenvalue weighted by molar-refractivity contribution is -0.136. The van der Waals surface area contributed by atoms with Gasteiger partial charge in [0.1, 0.15) is 6.54 Å². The van der Waals surface area contributed by atoms with Crippen molar-refractivity contribution in [2.24, 2.45) is 0 Å². The number of halogens is 1. The van der Waals surface area contributed by atoms with E-state index in [0.29, 0.717) is 16.4 Å². The zero-order valence-electron chi connectivity index (χ0n) is 11.1. The van der Waals surface area contributed by atoms with E-state index in [1.807, 2.05) is 0 Å². The summed E-state index contributed by atoms with van der Waals surface area (Å²) in [5, 5.41) is 9.43. The van der Waals surface area contributed by atoms with Crippen molar-refractivity contribution in [3.8, 4) is 0 Å². The molecule has 0 saturated heterocycles. The Bertz CT molecular complexity index is 646. The van der Waals surface area contributed by atoms with Crippen molar-refractivity contribution in [2.75, 3.05) is 11.4 Å². The molecule has 108 valence electrons. The summed E-state index contributed by atoms with van der Waals surface area (Å²) in [4.78, 5) is 28.6. The van der Waals surface area contributed by atoms with Gasteiger partial charge in [-0.15, -0.1) is 0 Å². The van der Waals surface area contributed by atoms with Gasteiger partial charge in [0.2, 0.25) is 5.91 Å². The third-order valence-electron chi connectivity index (χ3n) is 2.77. The van der Waals surface area contributed by atoms with Gasteiger partial charge in [0.05, 0.1) is 6.42 Å². The van der Waals surface area contributed by atoms with Crippen LogP contribution in [-0.2, 0) is 16.0 Å². The van der Waals surface area contributed by atoms with E-state index in [1.165, 1.54) is 4.90 Å². The predicted molar refractivity (Wildman–Crippen MR) is 79.4 cm³/mol. The van der Waals surface area contributed by atoms with Crippen molar-refractivity contribution in [1.29, 1.82) is 0 Å². The van der Waals surface area contributed by atoms with E-state index >= 15 is 0 Å². The maximum Gasteiger partial charge on any atom is 0.323 e. The summed E-state index contributed by atoms with van der Waals surface area (Å²) in [6.45, 7) is -0.425. The van der Waals surface area contributed by atoms with Crippen molar-refractivity contribution >= 4 is 29.2 Å². The minimum absolute atomic E-state index is 0.0284. The molecule has 0 radical (unpaired) electrons. The number of anilines is 1. The number of nitrogens with zero attached hydrogens (tertiary/aromatic N) is 2. The van der Waals surface area contributed by atoms with Crippen LogP contribution in [0.5, 0.6) is 0 Å². The van der Waals surface area contributed by atoms with Gasteiger partial charge in [-0.25, -0.2) is 0 Å². The predicted octanol–water partition coefficient (Wildman–Crippen LogP) is 2.40. The Labute approximate surface area is 126 Å². The molecule has 2 rings (SSSR count). The van der Waals surface area contributed by atoms with Gasteiger partial charge in [-0.2, -0.15) is 0 Å². The summed E-state index contributed by atoms with van der Waals surface area (Å²) < 4.78 is 0. The molecule has 0 atom stereocenters. The van der Waals surface area contributed by atoms with Gasteiger partial charge >= 0.3 is 5.97 Å². The third-order valence-corrected chi connectivity index (χ3v) is 3.01. The number of carboxylic acid groups (broad SMARTS) is 1. The fourth-order valence-corrected chi connectivity index (χ4v) is 2.04. The van der Waals surface area contributed by atoms with Crippen LogP contribution in [0, 0.1) is 0 Å². The summed E-state index contributed by atoms with van der Waals surface area (Å²) in [6, 6.07) is 11.8. The van der Waals surface area contributed by atoms with Crippen molar-refractivity contribution in [2.45, 2.75) is 6.42 Å². The Morgan fingerprint density at radius 3 is 2.62 bits per heavy atom. The van der Waals surface area contributed by atoms with E-state index in [1.54, 1.807) is 48.7 Å². The van der Waals surface area contributed by atoms with Crippen molar-refractivity contribution in [1.82, 2.24) is 4.98 Å². The zero-order chi connectivity index (χ0) is 15.2. The number of aliphatic carboxylic acids is 1. The van der Waals surface area contributed by atoms with E-state index in [4.69, 9.17) is 16.7 Å². The van der Waals surface area contributed by atoms with E-state index < -0.39 is 12.5 Å². The standard InChI is InChI=1S/C15H13ClN2O3/c16-11-4-3-6-13(8-11)18(10-15(20)21)14(19)9-12-5-1-2-7-17-12/h1-8H,9-10H2,(H,20,21). The summed E-state index contributed by atoms with van der Waals surface area (Å²) in [6.07, 6.45) is 1.62. The van der Waals surface area contributed by atoms with Crippen LogP contribution in [-0.4, -0.2) is 28.5 Å². The van der Waals surface area contributed by atoms with Gasteiger partial charge in [-0.05, 0) is 30.3 Å². The first-order valence-corrected chi connectivity index (χ1v) is 6.61. The Balaban J connectivity index is 2.23. The molecule has 1 heterocycles. The summed E-state index contributed by atoms with van der Waals surface area (Å²) >= 11 is 5.89. The van der Waals surface area contributed by atoms with Crippen molar-refractivity contribution in [3.63, 3.8) is 0 Å². The maximum absolute atomic E-state index is 12.3. The molecule has 0 saturated carbocycles. The van der Waals surface area contributed by atoms with Crippen LogP contribution in [0.25, 0.3) is 0 Å². The fourth-order valence-electron chi connectivity index (χ4n) is 1.86. The number of pyridine rings is 1. The van der Waals surface area contributed by atoms with Gasteiger partial charge in [-0.3, -0.25) is 14.6 Å². The summed E-state index contributed by atoms with van der Waals surface area (Å²) in [5.74, 6) is -1.44. The van der Waals surface area contributed by atoms with Crippen LogP contribution in [0.2, 0.25) is 5.02 Å². The van der Waals surface area contributed by atoms with Crippen molar-refractivity contribution < 1.29 is 14.7 Å². The molecule has 0 aliphatic rings. The molecule has 0 spiro atoms. The van der Waals surface area contributed by atoms with E-state index in [2.05, 4.69) is 4.98 Å². The number of carbonyl (C=O) groups excluding carboxylic acids is 1. The second kappa shape index (κ2) is 6.85. The number of hydrogen-bond donors (Lipinski definition) is 1. The number of aromatic nitrogens is 1. The summed E-state index contributed by atoms with van der Waals surface area (Å²) in [5.41, 5.74) is 1.03. The normalized spacial score (nSPS) is 10.1. The number of rotatable bonds is 5. The number of hydrogen-bond acceptors (Lipinski definition) is 3. The topological polar surface area (TPSA) is 70.5 Å². The minimum atomic E-state index is -1.09. The largest absolute Gasteiger partial charge is 0.480 e. The second-order valence-corrected chi connectivity index (χ2v) is 4.79. The van der Waals surface area contributed by atoms with E-state index in [0.717, 1.165) is 0 Å². The highest BCUT2D eigenvalue weighted by Gasteiger charge is 2.19. The molecule has 5 nitrogen and oxygen atoms in total. The number of carboxylic acids is 1. The lowest BCUT2D eigenvalue weighted by Crippen LogP contribution is -2.36. The van der Waals surface area contributed by atoms with Crippen LogP contribution in [0.4, 0.5) is 5.69 Å². The molecular weight excluding hydrogens is 292 g/mol. The van der Waals surface area contributed by atoms with Crippen LogP contribution in [0.3, 0.4) is 0 Å². The average molecular weight is 305 g/mol.